The first-order chi connectivity index (χ1) is 6.75. The molecule has 2 nitrogen and oxygen atoms in total. The third-order valence-corrected chi connectivity index (χ3v) is 2.21. The van der Waals surface area contributed by atoms with Crippen LogP contribution in [0, 0.1) is 5.82 Å². The third kappa shape index (κ3) is 1.82. The predicted molar refractivity (Wildman–Crippen MR) is 52.0 cm³/mol. The van der Waals surface area contributed by atoms with Gasteiger partial charge in [0.2, 0.25) is 5.91 Å². The molecule has 1 aliphatic rings. The summed E-state index contributed by atoms with van der Waals surface area (Å²) in [7, 11) is 0. The van der Waals surface area contributed by atoms with E-state index in [9.17, 15) is 9.18 Å². The molecule has 3 heteroatoms. The lowest BCUT2D eigenvalue weighted by atomic mass is 10.00. The molecular formula is C11H10FNO. The van der Waals surface area contributed by atoms with Gasteiger partial charge in [0.05, 0.1) is 6.42 Å². The van der Waals surface area contributed by atoms with Crippen molar-refractivity contribution in [3.8, 4) is 0 Å². The lowest BCUT2D eigenvalue weighted by Crippen LogP contribution is -2.27. The van der Waals surface area contributed by atoms with Crippen LogP contribution in [0.1, 0.15) is 12.0 Å². The largest absolute Gasteiger partial charge is 0.352 e. The van der Waals surface area contributed by atoms with Crippen molar-refractivity contribution in [1.82, 2.24) is 5.32 Å². The molecule has 0 radical (unpaired) electrons. The van der Waals surface area contributed by atoms with E-state index < -0.39 is 0 Å². The molecule has 72 valence electrons. The van der Waals surface area contributed by atoms with Crippen LogP contribution in [0.5, 0.6) is 0 Å². The Labute approximate surface area is 81.4 Å². The highest BCUT2D eigenvalue weighted by molar-refractivity contribution is 5.90. The molecule has 1 aliphatic heterocycles. The highest BCUT2D eigenvalue weighted by atomic mass is 19.1. The number of rotatable bonds is 1. The first-order valence-electron chi connectivity index (χ1n) is 4.47. The number of carbonyl (C=O) groups excluding carboxylic acids is 1. The van der Waals surface area contributed by atoms with Gasteiger partial charge < -0.3 is 5.32 Å². The molecule has 0 saturated carbocycles. The maximum Gasteiger partial charge on any atom is 0.224 e. The van der Waals surface area contributed by atoms with E-state index in [0.29, 0.717) is 13.0 Å². The molecule has 0 aromatic heterocycles. The standard InChI is InChI=1S/C11H10FNO/c12-10-3-1-8(2-4-10)9-5-6-13-11(14)7-9/h1-5H,6-7H2,(H,13,14). The molecule has 0 atom stereocenters. The minimum atomic E-state index is -0.255. The van der Waals surface area contributed by atoms with Gasteiger partial charge in [-0.05, 0) is 23.3 Å². The number of hydrogen-bond acceptors (Lipinski definition) is 1. The molecule has 1 amide bonds. The third-order valence-electron chi connectivity index (χ3n) is 2.21. The van der Waals surface area contributed by atoms with E-state index in [2.05, 4.69) is 5.32 Å². The van der Waals surface area contributed by atoms with Crippen LogP contribution in [-0.4, -0.2) is 12.5 Å². The number of halogens is 1. The van der Waals surface area contributed by atoms with Crippen molar-refractivity contribution in [2.24, 2.45) is 0 Å². The van der Waals surface area contributed by atoms with Crippen molar-refractivity contribution in [2.45, 2.75) is 6.42 Å². The minimum Gasteiger partial charge on any atom is -0.352 e. The summed E-state index contributed by atoms with van der Waals surface area (Å²) in [6, 6.07) is 6.20. The number of nitrogens with one attached hydrogen (secondary N) is 1. The minimum absolute atomic E-state index is 0.0202. The molecule has 0 unspecified atom stereocenters. The summed E-state index contributed by atoms with van der Waals surface area (Å²) in [4.78, 5) is 11.1. The molecular weight excluding hydrogens is 181 g/mol. The first-order valence-corrected chi connectivity index (χ1v) is 4.47. The van der Waals surface area contributed by atoms with Crippen molar-refractivity contribution < 1.29 is 9.18 Å². The van der Waals surface area contributed by atoms with E-state index in [1.165, 1.54) is 12.1 Å². The fourth-order valence-electron chi connectivity index (χ4n) is 1.48. The van der Waals surface area contributed by atoms with Crippen LogP contribution in [0.15, 0.2) is 30.3 Å². The fourth-order valence-corrected chi connectivity index (χ4v) is 1.48. The normalized spacial score (nSPS) is 16.1. The van der Waals surface area contributed by atoms with E-state index >= 15 is 0 Å². The molecule has 0 bridgehead atoms. The Morgan fingerprint density at radius 2 is 1.93 bits per heavy atom. The van der Waals surface area contributed by atoms with Gasteiger partial charge in [-0.1, -0.05) is 18.2 Å². The summed E-state index contributed by atoms with van der Waals surface area (Å²) in [5.41, 5.74) is 1.88. The molecule has 0 spiro atoms. The van der Waals surface area contributed by atoms with Gasteiger partial charge in [-0.25, -0.2) is 4.39 Å². The molecule has 2 rings (SSSR count). The second-order valence-electron chi connectivity index (χ2n) is 3.22. The smallest absolute Gasteiger partial charge is 0.224 e. The van der Waals surface area contributed by atoms with Crippen LogP contribution in [0.3, 0.4) is 0 Å². The Morgan fingerprint density at radius 1 is 1.21 bits per heavy atom. The maximum absolute atomic E-state index is 12.6. The van der Waals surface area contributed by atoms with Gasteiger partial charge in [0.1, 0.15) is 5.82 Å². The summed E-state index contributed by atoms with van der Waals surface area (Å²) in [5, 5.41) is 2.70. The van der Waals surface area contributed by atoms with Crippen LogP contribution in [0.2, 0.25) is 0 Å². The number of benzene rings is 1. The summed E-state index contributed by atoms with van der Waals surface area (Å²) in [6.45, 7) is 0.561. The van der Waals surface area contributed by atoms with Crippen LogP contribution in [0.4, 0.5) is 4.39 Å². The van der Waals surface area contributed by atoms with Crippen molar-refractivity contribution in [2.75, 3.05) is 6.54 Å². The Bertz CT molecular complexity index is 381. The lowest BCUT2D eigenvalue weighted by Gasteiger charge is -2.13. The van der Waals surface area contributed by atoms with Gasteiger partial charge in [0, 0.05) is 6.54 Å². The SMILES string of the molecule is O=C1CC(c2ccc(F)cc2)=CCN1. The lowest BCUT2D eigenvalue weighted by molar-refractivity contribution is -0.120. The fraction of sp³-hybridized carbons (Fsp3) is 0.182. The van der Waals surface area contributed by atoms with Crippen LogP contribution in [-0.2, 0) is 4.79 Å². The maximum atomic E-state index is 12.6. The Hall–Kier alpha value is -1.64. The number of amides is 1. The van der Waals surface area contributed by atoms with E-state index in [1.807, 2.05) is 6.08 Å². The van der Waals surface area contributed by atoms with Crippen LogP contribution >= 0.6 is 0 Å². The first kappa shape index (κ1) is 8.94. The van der Waals surface area contributed by atoms with Gasteiger partial charge in [0.15, 0.2) is 0 Å². The van der Waals surface area contributed by atoms with Gasteiger partial charge in [-0.2, -0.15) is 0 Å². The zero-order valence-electron chi connectivity index (χ0n) is 7.59. The molecule has 0 aliphatic carbocycles. The summed E-state index contributed by atoms with van der Waals surface area (Å²) >= 11 is 0. The summed E-state index contributed by atoms with van der Waals surface area (Å²) in [6.07, 6.45) is 2.33. The molecule has 1 N–H and O–H groups in total. The van der Waals surface area contributed by atoms with Crippen molar-refractivity contribution in [3.63, 3.8) is 0 Å². The average Bonchev–Trinajstić information content (AvgIpc) is 2.19. The number of hydrogen-bond donors (Lipinski definition) is 1. The van der Waals surface area contributed by atoms with Gasteiger partial charge in [0.25, 0.3) is 0 Å². The van der Waals surface area contributed by atoms with Crippen LogP contribution < -0.4 is 5.32 Å². The molecule has 1 heterocycles. The van der Waals surface area contributed by atoms with Gasteiger partial charge in [-0.15, -0.1) is 0 Å². The highest BCUT2D eigenvalue weighted by Crippen LogP contribution is 2.20. The molecule has 14 heavy (non-hydrogen) atoms. The average molecular weight is 191 g/mol. The number of carbonyl (C=O) groups is 1. The van der Waals surface area contributed by atoms with Crippen molar-refractivity contribution in [1.29, 1.82) is 0 Å². The monoisotopic (exact) mass is 191 g/mol. The Morgan fingerprint density at radius 3 is 2.57 bits per heavy atom. The van der Waals surface area contributed by atoms with Gasteiger partial charge in [-0.3, -0.25) is 4.79 Å². The zero-order valence-corrected chi connectivity index (χ0v) is 7.59. The second kappa shape index (κ2) is 3.62. The zero-order chi connectivity index (χ0) is 9.97. The van der Waals surface area contributed by atoms with Crippen molar-refractivity contribution in [3.05, 3.63) is 41.7 Å². The quantitative estimate of drug-likeness (QED) is 0.719. The van der Waals surface area contributed by atoms with Crippen LogP contribution in [0.25, 0.3) is 5.57 Å². The van der Waals surface area contributed by atoms with E-state index in [1.54, 1.807) is 12.1 Å². The second-order valence-corrected chi connectivity index (χ2v) is 3.22. The summed E-state index contributed by atoms with van der Waals surface area (Å²) in [5.74, 6) is -0.235. The van der Waals surface area contributed by atoms with E-state index in [0.717, 1.165) is 11.1 Å². The predicted octanol–water partition coefficient (Wildman–Crippen LogP) is 1.73. The molecule has 1 aromatic rings. The highest BCUT2D eigenvalue weighted by Gasteiger charge is 2.11. The Kier molecular flexibility index (Phi) is 2.31. The molecule has 0 fully saturated rings. The van der Waals surface area contributed by atoms with Gasteiger partial charge >= 0.3 is 0 Å². The molecule has 0 saturated heterocycles. The topological polar surface area (TPSA) is 29.1 Å². The Balaban J connectivity index is 2.26. The van der Waals surface area contributed by atoms with E-state index in [-0.39, 0.29) is 11.7 Å². The van der Waals surface area contributed by atoms with Crippen molar-refractivity contribution >= 4 is 11.5 Å². The molecule has 1 aromatic carbocycles. The van der Waals surface area contributed by atoms with E-state index in [4.69, 9.17) is 0 Å². The summed E-state index contributed by atoms with van der Waals surface area (Å²) < 4.78 is 12.6.